The highest BCUT2D eigenvalue weighted by Gasteiger charge is 2.14. The largest absolute Gasteiger partial charge is 0.496 e. The Balaban J connectivity index is 2.18. The quantitative estimate of drug-likeness (QED) is 0.818. The lowest BCUT2D eigenvalue weighted by atomic mass is 10.0. The highest BCUT2D eigenvalue weighted by Crippen LogP contribution is 2.29. The van der Waals surface area contributed by atoms with Crippen molar-refractivity contribution in [3.63, 3.8) is 0 Å². The Kier molecular flexibility index (Phi) is 5.57. The third-order valence-corrected chi connectivity index (χ3v) is 4.68. The van der Waals surface area contributed by atoms with Gasteiger partial charge >= 0.3 is 0 Å². The number of thiophene rings is 1. The van der Waals surface area contributed by atoms with Gasteiger partial charge in [-0.05, 0) is 52.7 Å². The molecule has 0 spiro atoms. The Labute approximate surface area is 131 Å². The standard InChI is InChI=1S/C15H17BrFNOS/c1-3-18-14(15-8-11(19-2)9-20-15)7-10-4-5-13(17)12(16)6-10/h4-6,8-9,14,18H,3,7H2,1-2H3. The van der Waals surface area contributed by atoms with Crippen LogP contribution in [0, 0.1) is 5.82 Å². The van der Waals surface area contributed by atoms with Crippen molar-refractivity contribution in [1.82, 2.24) is 5.32 Å². The fraction of sp³-hybridized carbons (Fsp3) is 0.333. The molecule has 0 fully saturated rings. The number of hydrogen-bond acceptors (Lipinski definition) is 3. The first-order chi connectivity index (χ1) is 9.63. The maximum atomic E-state index is 13.3. The summed E-state index contributed by atoms with van der Waals surface area (Å²) in [6.45, 7) is 2.96. The molecule has 0 aliphatic rings. The van der Waals surface area contributed by atoms with Gasteiger partial charge in [0.05, 0.1) is 11.6 Å². The molecule has 1 heterocycles. The molecule has 0 amide bonds. The van der Waals surface area contributed by atoms with Gasteiger partial charge in [0, 0.05) is 16.3 Å². The van der Waals surface area contributed by atoms with E-state index in [9.17, 15) is 4.39 Å². The first-order valence-electron chi connectivity index (χ1n) is 6.43. The minimum absolute atomic E-state index is 0.214. The van der Waals surface area contributed by atoms with Crippen LogP contribution in [0.25, 0.3) is 0 Å². The van der Waals surface area contributed by atoms with E-state index in [1.807, 2.05) is 17.5 Å². The second kappa shape index (κ2) is 7.20. The number of nitrogens with one attached hydrogen (secondary N) is 1. The first kappa shape index (κ1) is 15.5. The van der Waals surface area contributed by atoms with Crippen molar-refractivity contribution in [2.45, 2.75) is 19.4 Å². The van der Waals surface area contributed by atoms with Crippen molar-refractivity contribution >= 4 is 27.3 Å². The molecule has 1 atom stereocenters. The Morgan fingerprint density at radius 3 is 2.80 bits per heavy atom. The van der Waals surface area contributed by atoms with Crippen LogP contribution in [0.4, 0.5) is 4.39 Å². The van der Waals surface area contributed by atoms with Gasteiger partial charge in [0.25, 0.3) is 0 Å². The number of halogens is 2. The monoisotopic (exact) mass is 357 g/mol. The number of rotatable bonds is 6. The van der Waals surface area contributed by atoms with Gasteiger partial charge in [-0.1, -0.05) is 13.0 Å². The van der Waals surface area contributed by atoms with Gasteiger partial charge in [0.15, 0.2) is 0 Å². The van der Waals surface area contributed by atoms with E-state index in [1.54, 1.807) is 18.4 Å². The molecule has 2 nitrogen and oxygen atoms in total. The summed E-state index contributed by atoms with van der Waals surface area (Å²) in [6.07, 6.45) is 0.816. The molecule has 108 valence electrons. The molecule has 0 saturated heterocycles. The van der Waals surface area contributed by atoms with E-state index in [0.717, 1.165) is 24.3 Å². The maximum Gasteiger partial charge on any atom is 0.137 e. The van der Waals surface area contributed by atoms with Crippen molar-refractivity contribution in [1.29, 1.82) is 0 Å². The van der Waals surface area contributed by atoms with Crippen LogP contribution < -0.4 is 10.1 Å². The first-order valence-corrected chi connectivity index (χ1v) is 8.11. The Hall–Kier alpha value is -0.910. The summed E-state index contributed by atoms with van der Waals surface area (Å²) < 4.78 is 19.0. The van der Waals surface area contributed by atoms with Crippen LogP contribution in [-0.2, 0) is 6.42 Å². The molecule has 1 unspecified atom stereocenters. The summed E-state index contributed by atoms with van der Waals surface area (Å²) in [5.41, 5.74) is 1.09. The molecule has 2 rings (SSSR count). The lowest BCUT2D eigenvalue weighted by Gasteiger charge is -2.16. The molecular formula is C15H17BrFNOS. The number of methoxy groups -OCH3 is 1. The van der Waals surface area contributed by atoms with Crippen molar-refractivity contribution < 1.29 is 9.13 Å². The van der Waals surface area contributed by atoms with Crippen LogP contribution in [0.3, 0.4) is 0 Å². The van der Waals surface area contributed by atoms with E-state index < -0.39 is 0 Å². The van der Waals surface area contributed by atoms with Crippen molar-refractivity contribution in [2.75, 3.05) is 13.7 Å². The van der Waals surface area contributed by atoms with Gasteiger partial charge in [-0.2, -0.15) is 0 Å². The zero-order valence-electron chi connectivity index (χ0n) is 11.5. The lowest BCUT2D eigenvalue weighted by molar-refractivity contribution is 0.415. The average Bonchev–Trinajstić information content (AvgIpc) is 2.91. The van der Waals surface area contributed by atoms with Crippen LogP contribution in [-0.4, -0.2) is 13.7 Å². The molecule has 0 radical (unpaired) electrons. The fourth-order valence-corrected chi connectivity index (χ4v) is 3.40. The Morgan fingerprint density at radius 1 is 1.40 bits per heavy atom. The lowest BCUT2D eigenvalue weighted by Crippen LogP contribution is -2.22. The Bertz CT molecular complexity index is 573. The summed E-state index contributed by atoms with van der Waals surface area (Å²) in [4.78, 5) is 1.23. The fourth-order valence-electron chi connectivity index (χ4n) is 2.05. The highest BCUT2D eigenvalue weighted by molar-refractivity contribution is 9.10. The van der Waals surface area contributed by atoms with Crippen molar-refractivity contribution in [2.24, 2.45) is 0 Å². The van der Waals surface area contributed by atoms with E-state index in [2.05, 4.69) is 34.2 Å². The normalized spacial score (nSPS) is 12.4. The van der Waals surface area contributed by atoms with Gasteiger partial charge in [-0.15, -0.1) is 11.3 Å². The van der Waals surface area contributed by atoms with Crippen LogP contribution in [0.1, 0.15) is 23.4 Å². The molecule has 0 bridgehead atoms. The predicted octanol–water partition coefficient (Wildman–Crippen LogP) is 4.55. The molecule has 1 aromatic carbocycles. The van der Waals surface area contributed by atoms with E-state index in [1.165, 1.54) is 10.9 Å². The Morgan fingerprint density at radius 2 is 2.20 bits per heavy atom. The van der Waals surface area contributed by atoms with Crippen LogP contribution in [0.5, 0.6) is 5.75 Å². The van der Waals surface area contributed by atoms with Crippen molar-refractivity contribution in [3.8, 4) is 5.75 Å². The zero-order chi connectivity index (χ0) is 14.5. The van der Waals surface area contributed by atoms with Gasteiger partial charge in [0.2, 0.25) is 0 Å². The summed E-state index contributed by atoms with van der Waals surface area (Å²) in [6, 6.07) is 7.43. The minimum Gasteiger partial charge on any atom is -0.496 e. The molecule has 0 aliphatic carbocycles. The SMILES string of the molecule is CCNC(Cc1ccc(F)c(Br)c1)c1cc(OC)cs1. The van der Waals surface area contributed by atoms with Crippen LogP contribution in [0.15, 0.2) is 34.1 Å². The molecule has 0 saturated carbocycles. The summed E-state index contributed by atoms with van der Waals surface area (Å²) in [5, 5.41) is 5.46. The molecule has 0 aliphatic heterocycles. The van der Waals surface area contributed by atoms with Gasteiger partial charge in [-0.3, -0.25) is 0 Å². The van der Waals surface area contributed by atoms with E-state index >= 15 is 0 Å². The summed E-state index contributed by atoms with van der Waals surface area (Å²) in [5.74, 6) is 0.653. The molecule has 20 heavy (non-hydrogen) atoms. The van der Waals surface area contributed by atoms with Gasteiger partial charge < -0.3 is 10.1 Å². The van der Waals surface area contributed by atoms with E-state index in [4.69, 9.17) is 4.74 Å². The smallest absolute Gasteiger partial charge is 0.137 e. The van der Waals surface area contributed by atoms with Gasteiger partial charge in [-0.25, -0.2) is 4.39 Å². The van der Waals surface area contributed by atoms with E-state index in [0.29, 0.717) is 4.47 Å². The number of hydrogen-bond donors (Lipinski definition) is 1. The summed E-state index contributed by atoms with van der Waals surface area (Å²) in [7, 11) is 1.67. The van der Waals surface area contributed by atoms with Crippen LogP contribution in [0.2, 0.25) is 0 Å². The number of ether oxygens (including phenoxy) is 1. The number of likely N-dealkylation sites (N-methyl/N-ethyl adjacent to an activating group) is 1. The predicted molar refractivity (Wildman–Crippen MR) is 85.1 cm³/mol. The number of benzene rings is 1. The van der Waals surface area contributed by atoms with Gasteiger partial charge in [0.1, 0.15) is 11.6 Å². The summed E-state index contributed by atoms with van der Waals surface area (Å²) >= 11 is 4.91. The topological polar surface area (TPSA) is 21.3 Å². The molecule has 1 aromatic heterocycles. The maximum absolute atomic E-state index is 13.3. The molecular weight excluding hydrogens is 341 g/mol. The second-order valence-electron chi connectivity index (χ2n) is 4.45. The van der Waals surface area contributed by atoms with E-state index in [-0.39, 0.29) is 11.9 Å². The highest BCUT2D eigenvalue weighted by atomic mass is 79.9. The molecule has 1 N–H and O–H groups in total. The zero-order valence-corrected chi connectivity index (χ0v) is 13.9. The average molecular weight is 358 g/mol. The van der Waals surface area contributed by atoms with Crippen LogP contribution >= 0.6 is 27.3 Å². The third kappa shape index (κ3) is 3.81. The third-order valence-electron chi connectivity index (χ3n) is 3.05. The molecule has 5 heteroatoms. The second-order valence-corrected chi connectivity index (χ2v) is 6.25. The molecule has 2 aromatic rings. The van der Waals surface area contributed by atoms with Crippen molar-refractivity contribution in [3.05, 3.63) is 50.4 Å². The minimum atomic E-state index is -0.230.